The lowest BCUT2D eigenvalue weighted by atomic mass is 10.1. The Morgan fingerprint density at radius 2 is 1.77 bits per heavy atom. The Balaban J connectivity index is 1.64. The molecule has 1 heterocycles. The van der Waals surface area contributed by atoms with Crippen molar-refractivity contribution in [2.75, 3.05) is 40.4 Å². The zero-order chi connectivity index (χ0) is 21.7. The maximum atomic E-state index is 13.4. The van der Waals surface area contributed by atoms with Crippen LogP contribution in [0.2, 0.25) is 0 Å². The molecule has 160 valence electrons. The number of amides is 1. The SMILES string of the molecule is COc1ccc(/C=C/C(=O)N2CCN(S(=O)(=O)c3cccc(F)c3)CC2)c(OC)c1. The number of methoxy groups -OCH3 is 2. The number of hydrogen-bond acceptors (Lipinski definition) is 5. The molecule has 3 rings (SSSR count). The number of nitrogens with zero attached hydrogens (tertiary/aromatic N) is 2. The topological polar surface area (TPSA) is 76.2 Å². The van der Waals surface area contributed by atoms with Crippen molar-refractivity contribution in [1.82, 2.24) is 9.21 Å². The van der Waals surface area contributed by atoms with Crippen LogP contribution in [-0.4, -0.2) is 63.9 Å². The van der Waals surface area contributed by atoms with E-state index in [1.165, 1.54) is 35.7 Å². The number of sulfonamides is 1. The molecule has 0 saturated carbocycles. The zero-order valence-electron chi connectivity index (χ0n) is 16.7. The van der Waals surface area contributed by atoms with Crippen molar-refractivity contribution >= 4 is 22.0 Å². The van der Waals surface area contributed by atoms with E-state index in [1.54, 1.807) is 36.3 Å². The van der Waals surface area contributed by atoms with Gasteiger partial charge in [0, 0.05) is 43.9 Å². The van der Waals surface area contributed by atoms with Crippen molar-refractivity contribution in [3.05, 3.63) is 59.9 Å². The zero-order valence-corrected chi connectivity index (χ0v) is 17.6. The van der Waals surface area contributed by atoms with Gasteiger partial charge in [-0.15, -0.1) is 0 Å². The highest BCUT2D eigenvalue weighted by molar-refractivity contribution is 7.89. The second kappa shape index (κ2) is 9.27. The molecule has 30 heavy (non-hydrogen) atoms. The normalized spacial score (nSPS) is 15.4. The maximum Gasteiger partial charge on any atom is 0.246 e. The average molecular weight is 434 g/mol. The van der Waals surface area contributed by atoms with Crippen molar-refractivity contribution in [3.63, 3.8) is 0 Å². The molecule has 0 N–H and O–H groups in total. The van der Waals surface area contributed by atoms with E-state index >= 15 is 0 Å². The average Bonchev–Trinajstić information content (AvgIpc) is 2.77. The van der Waals surface area contributed by atoms with Crippen molar-refractivity contribution in [2.24, 2.45) is 0 Å². The molecule has 0 radical (unpaired) electrons. The summed E-state index contributed by atoms with van der Waals surface area (Å²) in [6.07, 6.45) is 3.08. The number of hydrogen-bond donors (Lipinski definition) is 0. The number of ether oxygens (including phenoxy) is 2. The van der Waals surface area contributed by atoms with Crippen molar-refractivity contribution in [2.45, 2.75) is 4.90 Å². The summed E-state index contributed by atoms with van der Waals surface area (Å²) in [5.74, 6) is 0.384. The lowest BCUT2D eigenvalue weighted by Gasteiger charge is -2.33. The van der Waals surface area contributed by atoms with Gasteiger partial charge in [0.1, 0.15) is 17.3 Å². The molecule has 1 amide bonds. The van der Waals surface area contributed by atoms with Gasteiger partial charge in [0.25, 0.3) is 0 Å². The monoisotopic (exact) mass is 434 g/mol. The van der Waals surface area contributed by atoms with E-state index in [4.69, 9.17) is 9.47 Å². The summed E-state index contributed by atoms with van der Waals surface area (Å²) >= 11 is 0. The number of piperazine rings is 1. The van der Waals surface area contributed by atoms with Gasteiger partial charge in [-0.25, -0.2) is 12.8 Å². The van der Waals surface area contributed by atoms with E-state index in [0.717, 1.165) is 11.6 Å². The predicted molar refractivity (Wildman–Crippen MR) is 110 cm³/mol. The molecule has 2 aromatic carbocycles. The van der Waals surface area contributed by atoms with Crippen LogP contribution in [0.1, 0.15) is 5.56 Å². The fourth-order valence-electron chi connectivity index (χ4n) is 3.15. The minimum atomic E-state index is -3.80. The summed E-state index contributed by atoms with van der Waals surface area (Å²) in [7, 11) is -0.704. The Morgan fingerprint density at radius 3 is 2.40 bits per heavy atom. The summed E-state index contributed by atoms with van der Waals surface area (Å²) in [4.78, 5) is 14.0. The number of halogens is 1. The Kier molecular flexibility index (Phi) is 6.73. The van der Waals surface area contributed by atoms with E-state index in [9.17, 15) is 17.6 Å². The molecular weight excluding hydrogens is 411 g/mol. The largest absolute Gasteiger partial charge is 0.497 e. The molecule has 7 nitrogen and oxygen atoms in total. The molecule has 0 atom stereocenters. The molecule has 1 aliphatic heterocycles. The number of carbonyl (C=O) groups is 1. The van der Waals surface area contributed by atoms with Gasteiger partial charge in [-0.2, -0.15) is 4.31 Å². The van der Waals surface area contributed by atoms with Gasteiger partial charge in [0.2, 0.25) is 15.9 Å². The number of carbonyl (C=O) groups excluding carboxylic acids is 1. The summed E-state index contributed by atoms with van der Waals surface area (Å²) in [5, 5.41) is 0. The molecule has 1 fully saturated rings. The van der Waals surface area contributed by atoms with Crippen molar-refractivity contribution < 1.29 is 27.1 Å². The van der Waals surface area contributed by atoms with Crippen LogP contribution in [0.4, 0.5) is 4.39 Å². The van der Waals surface area contributed by atoms with Gasteiger partial charge in [-0.05, 0) is 36.4 Å². The third-order valence-corrected chi connectivity index (χ3v) is 6.72. The first kappa shape index (κ1) is 21.8. The summed E-state index contributed by atoms with van der Waals surface area (Å²) in [5.41, 5.74) is 0.721. The fraction of sp³-hybridized carbons (Fsp3) is 0.286. The molecule has 0 unspecified atom stereocenters. The molecule has 0 aromatic heterocycles. The van der Waals surface area contributed by atoms with Crippen LogP contribution >= 0.6 is 0 Å². The Hall–Kier alpha value is -2.91. The van der Waals surface area contributed by atoms with Crippen molar-refractivity contribution in [1.29, 1.82) is 0 Å². The van der Waals surface area contributed by atoms with Crippen LogP contribution in [0.15, 0.2) is 53.4 Å². The highest BCUT2D eigenvalue weighted by Crippen LogP contribution is 2.25. The van der Waals surface area contributed by atoms with E-state index < -0.39 is 15.8 Å². The summed E-state index contributed by atoms with van der Waals surface area (Å²) in [6, 6.07) is 10.2. The molecule has 0 aliphatic carbocycles. The molecule has 9 heteroatoms. The van der Waals surface area contributed by atoms with Gasteiger partial charge < -0.3 is 14.4 Å². The molecule has 1 saturated heterocycles. The molecule has 0 bridgehead atoms. The third kappa shape index (κ3) is 4.80. The van der Waals surface area contributed by atoms with Crippen LogP contribution in [0.3, 0.4) is 0 Å². The summed E-state index contributed by atoms with van der Waals surface area (Å²) in [6.45, 7) is 0.781. The second-order valence-corrected chi connectivity index (χ2v) is 8.57. The first-order valence-corrected chi connectivity index (χ1v) is 10.7. The molecule has 1 aliphatic rings. The second-order valence-electron chi connectivity index (χ2n) is 6.63. The van der Waals surface area contributed by atoms with Gasteiger partial charge >= 0.3 is 0 Å². The van der Waals surface area contributed by atoms with E-state index in [0.29, 0.717) is 11.5 Å². The first-order chi connectivity index (χ1) is 14.3. The Morgan fingerprint density at radius 1 is 1.03 bits per heavy atom. The van der Waals surface area contributed by atoms with Crippen molar-refractivity contribution in [3.8, 4) is 11.5 Å². The number of rotatable bonds is 6. The third-order valence-electron chi connectivity index (χ3n) is 4.83. The highest BCUT2D eigenvalue weighted by Gasteiger charge is 2.29. The first-order valence-electron chi connectivity index (χ1n) is 9.30. The fourth-order valence-corrected chi connectivity index (χ4v) is 4.60. The van der Waals surface area contributed by atoms with Crippen LogP contribution in [0.5, 0.6) is 11.5 Å². The van der Waals surface area contributed by atoms with Crippen LogP contribution in [0, 0.1) is 5.82 Å². The van der Waals surface area contributed by atoms with Gasteiger partial charge in [0.05, 0.1) is 19.1 Å². The Labute approximate surface area is 175 Å². The lowest BCUT2D eigenvalue weighted by molar-refractivity contribution is -0.127. The van der Waals surface area contributed by atoms with Crippen LogP contribution < -0.4 is 9.47 Å². The van der Waals surface area contributed by atoms with Gasteiger partial charge in [0.15, 0.2) is 0 Å². The van der Waals surface area contributed by atoms with Gasteiger partial charge in [-0.3, -0.25) is 4.79 Å². The smallest absolute Gasteiger partial charge is 0.246 e. The quantitative estimate of drug-likeness (QED) is 0.653. The van der Waals surface area contributed by atoms with E-state index in [-0.39, 0.29) is 37.0 Å². The summed E-state index contributed by atoms with van der Waals surface area (Å²) < 4.78 is 50.5. The minimum Gasteiger partial charge on any atom is -0.497 e. The lowest BCUT2D eigenvalue weighted by Crippen LogP contribution is -2.50. The van der Waals surface area contributed by atoms with Crippen LogP contribution in [0.25, 0.3) is 6.08 Å². The minimum absolute atomic E-state index is 0.0891. The predicted octanol–water partition coefficient (Wildman–Crippen LogP) is 2.39. The Bertz CT molecular complexity index is 1050. The molecular formula is C21H23FN2O5S. The highest BCUT2D eigenvalue weighted by atomic mass is 32.2. The molecule has 0 spiro atoms. The maximum absolute atomic E-state index is 13.4. The molecule has 2 aromatic rings. The number of benzene rings is 2. The van der Waals surface area contributed by atoms with Crippen LogP contribution in [-0.2, 0) is 14.8 Å². The van der Waals surface area contributed by atoms with Gasteiger partial charge in [-0.1, -0.05) is 6.07 Å². The standard InChI is InChI=1S/C21H23FN2O5S/c1-28-18-8-6-16(20(15-18)29-2)7-9-21(25)23-10-12-24(13-11-23)30(26,27)19-5-3-4-17(22)14-19/h3-9,14-15H,10-13H2,1-2H3/b9-7+. The van der Waals surface area contributed by atoms with E-state index in [2.05, 4.69) is 0 Å². The van der Waals surface area contributed by atoms with E-state index in [1.807, 2.05) is 0 Å².